The summed E-state index contributed by atoms with van der Waals surface area (Å²) in [6.45, 7) is 3.44. The first-order chi connectivity index (χ1) is 8.92. The number of benzene rings is 2. The summed E-state index contributed by atoms with van der Waals surface area (Å²) in [5, 5.41) is 0. The van der Waals surface area contributed by atoms with E-state index in [9.17, 15) is 0 Å². The van der Waals surface area contributed by atoms with Gasteiger partial charge < -0.3 is 4.84 Å². The first kappa shape index (κ1) is 12.8. The molecule has 2 aromatic rings. The number of hydrogen-bond donors (Lipinski definition) is 1. The molecule has 94 valence electrons. The summed E-state index contributed by atoms with van der Waals surface area (Å²) in [7, 11) is 0. The molecule has 0 aliphatic rings. The van der Waals surface area contributed by atoms with Crippen molar-refractivity contribution in [3.63, 3.8) is 0 Å². The third kappa shape index (κ3) is 3.42. The van der Waals surface area contributed by atoms with Gasteiger partial charge >= 0.3 is 0 Å². The van der Waals surface area contributed by atoms with E-state index < -0.39 is 0 Å². The van der Waals surface area contributed by atoms with Crippen molar-refractivity contribution in [2.24, 2.45) is 0 Å². The maximum absolute atomic E-state index is 5.26. The Balaban J connectivity index is 2.18. The van der Waals surface area contributed by atoms with Gasteiger partial charge in [0.15, 0.2) is 0 Å². The van der Waals surface area contributed by atoms with Crippen LogP contribution in [-0.2, 0) is 4.84 Å². The second-order valence-electron chi connectivity index (χ2n) is 4.16. The van der Waals surface area contributed by atoms with Crippen molar-refractivity contribution in [2.45, 2.75) is 12.8 Å². The summed E-state index contributed by atoms with van der Waals surface area (Å²) in [6, 6.07) is 21.0. The molecule has 0 unspecified atom stereocenters. The highest BCUT2D eigenvalue weighted by molar-refractivity contribution is 5.32. The molecule has 2 heteroatoms. The van der Waals surface area contributed by atoms with Gasteiger partial charge in [0.05, 0.1) is 6.61 Å². The molecule has 0 aliphatic heterocycles. The van der Waals surface area contributed by atoms with Gasteiger partial charge in [-0.15, -0.1) is 0 Å². The second-order valence-corrected chi connectivity index (χ2v) is 4.16. The van der Waals surface area contributed by atoms with E-state index in [1.165, 1.54) is 11.1 Å². The maximum atomic E-state index is 5.26. The minimum atomic E-state index is 0.318. The molecule has 0 radical (unpaired) electrons. The second kappa shape index (κ2) is 6.94. The molecule has 0 atom stereocenters. The van der Waals surface area contributed by atoms with Crippen LogP contribution in [0.3, 0.4) is 0 Å². The van der Waals surface area contributed by atoms with E-state index in [1.807, 2.05) is 19.1 Å². The molecule has 2 rings (SSSR count). The van der Waals surface area contributed by atoms with Crippen molar-refractivity contribution in [1.82, 2.24) is 5.48 Å². The summed E-state index contributed by atoms with van der Waals surface area (Å²) >= 11 is 0. The lowest BCUT2D eigenvalue weighted by atomic mass is 9.91. The van der Waals surface area contributed by atoms with Gasteiger partial charge in [0.2, 0.25) is 0 Å². The monoisotopic (exact) mass is 241 g/mol. The molecule has 0 saturated heterocycles. The molecule has 18 heavy (non-hydrogen) atoms. The van der Waals surface area contributed by atoms with Gasteiger partial charge in [-0.3, -0.25) is 0 Å². The summed E-state index contributed by atoms with van der Waals surface area (Å²) < 4.78 is 0. The molecular weight excluding hydrogens is 222 g/mol. The smallest absolute Gasteiger partial charge is 0.0653 e. The van der Waals surface area contributed by atoms with Crippen molar-refractivity contribution in [3.8, 4) is 0 Å². The predicted octanol–water partition coefficient (Wildman–Crippen LogP) is 3.36. The quantitative estimate of drug-likeness (QED) is 0.618. The topological polar surface area (TPSA) is 21.3 Å². The van der Waals surface area contributed by atoms with E-state index in [1.54, 1.807) is 0 Å². The van der Waals surface area contributed by atoms with Crippen LogP contribution < -0.4 is 5.48 Å². The molecule has 0 aliphatic carbocycles. The van der Waals surface area contributed by atoms with Crippen LogP contribution in [0.5, 0.6) is 0 Å². The van der Waals surface area contributed by atoms with Crippen LogP contribution in [0.15, 0.2) is 60.7 Å². The highest BCUT2D eigenvalue weighted by atomic mass is 16.6. The predicted molar refractivity (Wildman–Crippen MR) is 74.4 cm³/mol. The SMILES string of the molecule is CCONCC(c1ccccc1)c1ccccc1. The van der Waals surface area contributed by atoms with E-state index in [-0.39, 0.29) is 0 Å². The average molecular weight is 241 g/mol. The molecule has 0 fully saturated rings. The van der Waals surface area contributed by atoms with E-state index in [0.29, 0.717) is 12.5 Å². The molecule has 1 N–H and O–H groups in total. The van der Waals surface area contributed by atoms with Crippen LogP contribution in [0, 0.1) is 0 Å². The number of hydroxylamine groups is 1. The van der Waals surface area contributed by atoms with Gasteiger partial charge in [0, 0.05) is 12.5 Å². The van der Waals surface area contributed by atoms with E-state index >= 15 is 0 Å². The van der Waals surface area contributed by atoms with Gasteiger partial charge in [-0.2, -0.15) is 0 Å². The first-order valence-corrected chi connectivity index (χ1v) is 6.36. The van der Waals surface area contributed by atoms with Crippen LogP contribution in [0.25, 0.3) is 0 Å². The van der Waals surface area contributed by atoms with Crippen LogP contribution >= 0.6 is 0 Å². The number of rotatable bonds is 6. The van der Waals surface area contributed by atoms with Gasteiger partial charge in [0.1, 0.15) is 0 Å². The summed E-state index contributed by atoms with van der Waals surface area (Å²) in [4.78, 5) is 5.26. The van der Waals surface area contributed by atoms with Crippen LogP contribution in [0.2, 0.25) is 0 Å². The van der Waals surface area contributed by atoms with Crippen molar-refractivity contribution in [2.75, 3.05) is 13.2 Å². The summed E-state index contributed by atoms with van der Waals surface area (Å²) in [5.74, 6) is 0.318. The lowest BCUT2D eigenvalue weighted by Gasteiger charge is -2.18. The molecule has 2 aromatic carbocycles. The average Bonchev–Trinajstić information content (AvgIpc) is 2.46. The Morgan fingerprint density at radius 1 is 0.889 bits per heavy atom. The van der Waals surface area contributed by atoms with Gasteiger partial charge in [-0.1, -0.05) is 60.7 Å². The van der Waals surface area contributed by atoms with Gasteiger partial charge in [-0.05, 0) is 18.1 Å². The Labute approximate surface area is 109 Å². The molecule has 0 aromatic heterocycles. The molecule has 0 saturated carbocycles. The van der Waals surface area contributed by atoms with Crippen molar-refractivity contribution >= 4 is 0 Å². The summed E-state index contributed by atoms with van der Waals surface area (Å²) in [5.41, 5.74) is 5.64. The minimum Gasteiger partial charge on any atom is -0.302 e. The molecule has 0 bridgehead atoms. The highest BCUT2D eigenvalue weighted by Crippen LogP contribution is 2.23. The van der Waals surface area contributed by atoms with Crippen LogP contribution in [-0.4, -0.2) is 13.2 Å². The molecule has 0 heterocycles. The summed E-state index contributed by atoms with van der Waals surface area (Å²) in [6.07, 6.45) is 0. The zero-order valence-electron chi connectivity index (χ0n) is 10.7. The Morgan fingerprint density at radius 2 is 1.39 bits per heavy atom. The van der Waals surface area contributed by atoms with Gasteiger partial charge in [-0.25, -0.2) is 5.48 Å². The fourth-order valence-corrected chi connectivity index (χ4v) is 2.04. The first-order valence-electron chi connectivity index (χ1n) is 6.36. The zero-order chi connectivity index (χ0) is 12.6. The highest BCUT2D eigenvalue weighted by Gasteiger charge is 2.13. The Kier molecular flexibility index (Phi) is 4.94. The van der Waals surface area contributed by atoms with Crippen LogP contribution in [0.1, 0.15) is 24.0 Å². The third-order valence-electron chi connectivity index (χ3n) is 2.94. The lowest BCUT2D eigenvalue weighted by Crippen LogP contribution is -2.22. The fraction of sp³-hybridized carbons (Fsp3) is 0.250. The lowest BCUT2D eigenvalue weighted by molar-refractivity contribution is 0.0492. The Hall–Kier alpha value is -1.64. The van der Waals surface area contributed by atoms with E-state index in [0.717, 1.165) is 6.54 Å². The molecular formula is C16H19NO. The van der Waals surface area contributed by atoms with Gasteiger partial charge in [0.25, 0.3) is 0 Å². The number of hydrogen-bond acceptors (Lipinski definition) is 2. The van der Waals surface area contributed by atoms with E-state index in [4.69, 9.17) is 4.84 Å². The standard InChI is InChI=1S/C16H19NO/c1-2-18-17-13-16(14-9-5-3-6-10-14)15-11-7-4-8-12-15/h3-12,16-17H,2,13H2,1H3. The van der Waals surface area contributed by atoms with Crippen molar-refractivity contribution in [3.05, 3.63) is 71.8 Å². The fourth-order valence-electron chi connectivity index (χ4n) is 2.04. The van der Waals surface area contributed by atoms with E-state index in [2.05, 4.69) is 54.0 Å². The minimum absolute atomic E-state index is 0.318. The molecule has 2 nitrogen and oxygen atoms in total. The van der Waals surface area contributed by atoms with Crippen molar-refractivity contribution < 1.29 is 4.84 Å². The van der Waals surface area contributed by atoms with Crippen molar-refractivity contribution in [1.29, 1.82) is 0 Å². The maximum Gasteiger partial charge on any atom is 0.0653 e. The Morgan fingerprint density at radius 3 is 1.83 bits per heavy atom. The molecule has 0 amide bonds. The number of nitrogens with one attached hydrogen (secondary N) is 1. The normalized spacial score (nSPS) is 10.8. The third-order valence-corrected chi connectivity index (χ3v) is 2.94. The largest absolute Gasteiger partial charge is 0.302 e. The van der Waals surface area contributed by atoms with Crippen LogP contribution in [0.4, 0.5) is 0 Å². The molecule has 0 spiro atoms. The Bertz CT molecular complexity index is 402. The zero-order valence-corrected chi connectivity index (χ0v) is 10.7.